The zero-order valence-corrected chi connectivity index (χ0v) is 11.7. The normalized spacial score (nSPS) is 11.1. The van der Waals surface area contributed by atoms with Gasteiger partial charge in [0, 0.05) is 4.90 Å². The van der Waals surface area contributed by atoms with Crippen molar-refractivity contribution in [3.05, 3.63) is 46.1 Å². The van der Waals surface area contributed by atoms with Crippen LogP contribution < -0.4 is 5.43 Å². The minimum Gasteiger partial charge on any atom is -0.504 e. The highest BCUT2D eigenvalue weighted by Gasteiger charge is 2.14. The van der Waals surface area contributed by atoms with E-state index >= 15 is 0 Å². The molecule has 1 heterocycles. The molecule has 2 N–H and O–H groups in total. The van der Waals surface area contributed by atoms with Crippen molar-refractivity contribution in [3.63, 3.8) is 0 Å². The Balaban J connectivity index is 2.47. The summed E-state index contributed by atoms with van der Waals surface area (Å²) in [7, 11) is 0. The summed E-state index contributed by atoms with van der Waals surface area (Å²) in [4.78, 5) is 24.2. The molecule has 0 aliphatic rings. The number of benzene rings is 2. The first-order chi connectivity index (χ1) is 10.0. The van der Waals surface area contributed by atoms with Crippen LogP contribution in [0.25, 0.3) is 21.9 Å². The molecule has 0 aliphatic heterocycles. The van der Waals surface area contributed by atoms with Crippen LogP contribution in [0.1, 0.15) is 10.4 Å². The molecule has 0 radical (unpaired) electrons. The summed E-state index contributed by atoms with van der Waals surface area (Å²) in [6.07, 6.45) is 1.83. The quantitative estimate of drug-likeness (QED) is 0.559. The highest BCUT2D eigenvalue weighted by Crippen LogP contribution is 2.31. The first kappa shape index (κ1) is 13.5. The molecule has 0 amide bonds. The molecule has 5 nitrogen and oxygen atoms in total. The number of carbonyl (C=O) groups is 1. The second kappa shape index (κ2) is 4.82. The van der Waals surface area contributed by atoms with Gasteiger partial charge in [0.25, 0.3) is 0 Å². The summed E-state index contributed by atoms with van der Waals surface area (Å²) in [5, 5.41) is 19.4. The van der Waals surface area contributed by atoms with Gasteiger partial charge in [-0.1, -0.05) is 0 Å². The third-order valence-electron chi connectivity index (χ3n) is 3.21. The summed E-state index contributed by atoms with van der Waals surface area (Å²) in [5.74, 6) is -1.23. The van der Waals surface area contributed by atoms with Crippen molar-refractivity contribution in [1.29, 1.82) is 0 Å². The van der Waals surface area contributed by atoms with Crippen LogP contribution in [0.15, 0.2) is 44.4 Å². The molecule has 3 aromatic rings. The average molecular weight is 302 g/mol. The predicted molar refractivity (Wildman–Crippen MR) is 80.4 cm³/mol. The van der Waals surface area contributed by atoms with Gasteiger partial charge in [0.15, 0.2) is 11.3 Å². The van der Waals surface area contributed by atoms with Gasteiger partial charge < -0.3 is 14.6 Å². The monoisotopic (exact) mass is 302 g/mol. The largest absolute Gasteiger partial charge is 0.504 e. The maximum atomic E-state index is 12.5. The van der Waals surface area contributed by atoms with Crippen molar-refractivity contribution in [2.75, 3.05) is 6.26 Å². The number of rotatable bonds is 2. The van der Waals surface area contributed by atoms with E-state index in [-0.39, 0.29) is 38.7 Å². The van der Waals surface area contributed by atoms with Gasteiger partial charge >= 0.3 is 5.97 Å². The highest BCUT2D eigenvalue weighted by molar-refractivity contribution is 7.98. The van der Waals surface area contributed by atoms with E-state index in [1.165, 1.54) is 36.0 Å². The Morgan fingerprint density at radius 1 is 1.19 bits per heavy atom. The van der Waals surface area contributed by atoms with Crippen molar-refractivity contribution >= 4 is 39.7 Å². The van der Waals surface area contributed by atoms with Crippen molar-refractivity contribution in [2.24, 2.45) is 0 Å². The molecule has 3 rings (SSSR count). The van der Waals surface area contributed by atoms with Gasteiger partial charge in [-0.05, 0) is 36.6 Å². The van der Waals surface area contributed by atoms with E-state index in [0.717, 1.165) is 4.90 Å². The van der Waals surface area contributed by atoms with Gasteiger partial charge in [0.2, 0.25) is 5.43 Å². The standard InChI is InChI=1S/C15H10O5S/c1-21-8-5-10-13(17)9-4-7(15(18)19)2-3-12(9)20-14(10)11(16)6-8/h2-6,16H,1H3,(H,18,19). The molecule has 0 spiro atoms. The van der Waals surface area contributed by atoms with Crippen LogP contribution in [0.5, 0.6) is 5.75 Å². The van der Waals surface area contributed by atoms with Crippen molar-refractivity contribution in [1.82, 2.24) is 0 Å². The van der Waals surface area contributed by atoms with Crippen LogP contribution in [0.3, 0.4) is 0 Å². The predicted octanol–water partition coefficient (Wildman–Crippen LogP) is 3.07. The fourth-order valence-electron chi connectivity index (χ4n) is 2.17. The number of carboxylic acids is 1. The summed E-state index contributed by atoms with van der Waals surface area (Å²) in [6.45, 7) is 0. The Morgan fingerprint density at radius 3 is 2.62 bits per heavy atom. The second-order valence-electron chi connectivity index (χ2n) is 4.47. The van der Waals surface area contributed by atoms with Crippen LogP contribution in [-0.4, -0.2) is 22.4 Å². The number of phenols is 1. The molecule has 21 heavy (non-hydrogen) atoms. The molecule has 0 fully saturated rings. The van der Waals surface area contributed by atoms with Gasteiger partial charge in [-0.25, -0.2) is 4.79 Å². The Kier molecular flexibility index (Phi) is 3.10. The van der Waals surface area contributed by atoms with E-state index in [9.17, 15) is 14.7 Å². The fourth-order valence-corrected chi connectivity index (χ4v) is 2.63. The van der Waals surface area contributed by atoms with Crippen LogP contribution in [0, 0.1) is 0 Å². The maximum absolute atomic E-state index is 12.5. The number of phenolic OH excluding ortho intramolecular Hbond substituents is 1. The van der Waals surface area contributed by atoms with Gasteiger partial charge in [0.1, 0.15) is 5.58 Å². The third kappa shape index (κ3) is 2.13. The molecule has 0 saturated heterocycles. The van der Waals surface area contributed by atoms with E-state index in [4.69, 9.17) is 9.52 Å². The van der Waals surface area contributed by atoms with E-state index in [0.29, 0.717) is 0 Å². The lowest BCUT2D eigenvalue weighted by Gasteiger charge is -2.06. The molecule has 1 aromatic heterocycles. The molecular formula is C15H10O5S. The maximum Gasteiger partial charge on any atom is 0.335 e. The summed E-state index contributed by atoms with van der Waals surface area (Å²) < 4.78 is 5.54. The molecule has 0 saturated carbocycles. The summed E-state index contributed by atoms with van der Waals surface area (Å²) in [6, 6.07) is 7.20. The zero-order valence-electron chi connectivity index (χ0n) is 10.9. The Hall–Kier alpha value is -2.47. The van der Waals surface area contributed by atoms with E-state index < -0.39 is 5.97 Å². The molecular weight excluding hydrogens is 292 g/mol. The summed E-state index contributed by atoms with van der Waals surface area (Å²) in [5.41, 5.74) is -0.00183. The summed E-state index contributed by atoms with van der Waals surface area (Å²) >= 11 is 1.39. The minimum absolute atomic E-state index is 0.0133. The number of aromatic carboxylic acids is 1. The number of hydrogen-bond acceptors (Lipinski definition) is 5. The smallest absolute Gasteiger partial charge is 0.335 e. The lowest BCUT2D eigenvalue weighted by molar-refractivity contribution is 0.0697. The minimum atomic E-state index is -1.11. The van der Waals surface area contributed by atoms with Gasteiger partial charge in [-0.2, -0.15) is 0 Å². The number of fused-ring (bicyclic) bond motifs is 2. The topological polar surface area (TPSA) is 87.7 Å². The van der Waals surface area contributed by atoms with Gasteiger partial charge in [0.05, 0.1) is 16.3 Å². The average Bonchev–Trinajstić information content (AvgIpc) is 2.48. The van der Waals surface area contributed by atoms with Gasteiger partial charge in [-0.3, -0.25) is 4.79 Å². The molecule has 0 aliphatic carbocycles. The molecule has 0 bridgehead atoms. The third-order valence-corrected chi connectivity index (χ3v) is 3.91. The highest BCUT2D eigenvalue weighted by atomic mass is 32.2. The van der Waals surface area contributed by atoms with E-state index in [1.54, 1.807) is 6.07 Å². The van der Waals surface area contributed by atoms with E-state index in [1.807, 2.05) is 6.26 Å². The Bertz CT molecular complexity index is 942. The van der Waals surface area contributed by atoms with Crippen LogP contribution in [0.4, 0.5) is 0 Å². The lowest BCUT2D eigenvalue weighted by Crippen LogP contribution is -2.04. The number of thioether (sulfide) groups is 1. The van der Waals surface area contributed by atoms with Crippen LogP contribution >= 0.6 is 11.8 Å². The van der Waals surface area contributed by atoms with Crippen molar-refractivity contribution in [3.8, 4) is 5.75 Å². The molecule has 6 heteroatoms. The van der Waals surface area contributed by atoms with Crippen molar-refractivity contribution < 1.29 is 19.4 Å². The fraction of sp³-hybridized carbons (Fsp3) is 0.0667. The zero-order chi connectivity index (χ0) is 15.1. The number of carboxylic acid groups (broad SMARTS) is 1. The number of hydrogen-bond donors (Lipinski definition) is 2. The van der Waals surface area contributed by atoms with Crippen LogP contribution in [-0.2, 0) is 0 Å². The Morgan fingerprint density at radius 2 is 1.95 bits per heavy atom. The SMILES string of the molecule is CSc1cc(O)c2oc3ccc(C(=O)O)cc3c(=O)c2c1. The molecule has 106 valence electrons. The van der Waals surface area contributed by atoms with E-state index in [2.05, 4.69) is 0 Å². The first-order valence-corrected chi connectivity index (χ1v) is 7.24. The molecule has 0 unspecified atom stereocenters. The van der Waals surface area contributed by atoms with Gasteiger partial charge in [-0.15, -0.1) is 11.8 Å². The lowest BCUT2D eigenvalue weighted by atomic mass is 10.1. The first-order valence-electron chi connectivity index (χ1n) is 6.02. The second-order valence-corrected chi connectivity index (χ2v) is 5.35. The van der Waals surface area contributed by atoms with Crippen molar-refractivity contribution in [2.45, 2.75) is 4.90 Å². The van der Waals surface area contributed by atoms with Crippen LogP contribution in [0.2, 0.25) is 0 Å². The molecule has 2 aromatic carbocycles. The number of aromatic hydroxyl groups is 1. The molecule has 0 atom stereocenters. The Labute approximate surface area is 122 Å².